The Morgan fingerprint density at radius 2 is 2.13 bits per heavy atom. The number of aliphatic hydroxyl groups excluding tert-OH is 1. The van der Waals surface area contributed by atoms with E-state index >= 15 is 0 Å². The quantitative estimate of drug-likeness (QED) is 0.665. The Kier molecular flexibility index (Phi) is 3.76. The van der Waals surface area contributed by atoms with E-state index in [0.717, 1.165) is 19.2 Å². The number of halogens is 3. The van der Waals surface area contributed by atoms with Crippen molar-refractivity contribution in [2.24, 2.45) is 0 Å². The van der Waals surface area contributed by atoms with Crippen LogP contribution >= 0.6 is 15.9 Å². The molecule has 1 N–H and O–H groups in total. The van der Waals surface area contributed by atoms with Crippen molar-refractivity contribution < 1.29 is 23.4 Å². The molecule has 0 aromatic heterocycles. The van der Waals surface area contributed by atoms with Gasteiger partial charge in [-0.2, -0.15) is 0 Å². The maximum atomic E-state index is 13.4. The van der Waals surface area contributed by atoms with Crippen LogP contribution in [-0.2, 0) is 9.53 Å². The van der Waals surface area contributed by atoms with Gasteiger partial charge in [-0.25, -0.2) is 13.6 Å². The van der Waals surface area contributed by atoms with Gasteiger partial charge in [-0.3, -0.25) is 0 Å². The molecule has 6 heteroatoms. The van der Waals surface area contributed by atoms with Crippen LogP contribution in [0.15, 0.2) is 16.6 Å². The average Bonchev–Trinajstić information content (AvgIpc) is 2.22. The van der Waals surface area contributed by atoms with Gasteiger partial charge < -0.3 is 9.84 Å². The van der Waals surface area contributed by atoms with Crippen LogP contribution in [0, 0.1) is 11.6 Å². The van der Waals surface area contributed by atoms with E-state index in [1.807, 2.05) is 0 Å². The average molecular weight is 281 g/mol. The number of rotatable bonds is 2. The third-order valence-electron chi connectivity index (χ3n) is 1.78. The van der Waals surface area contributed by atoms with Crippen molar-refractivity contribution in [3.63, 3.8) is 0 Å². The van der Waals surface area contributed by atoms with Crippen LogP contribution in [-0.4, -0.2) is 18.2 Å². The minimum absolute atomic E-state index is 0.0400. The molecule has 0 amide bonds. The smallest absolute Gasteiger partial charge is 0.339 e. The molecule has 1 aromatic rings. The van der Waals surface area contributed by atoms with E-state index in [0.29, 0.717) is 0 Å². The third kappa shape index (κ3) is 2.32. The van der Waals surface area contributed by atoms with E-state index < -0.39 is 29.3 Å². The first-order chi connectivity index (χ1) is 6.99. The van der Waals surface area contributed by atoms with Gasteiger partial charge in [0.15, 0.2) is 6.10 Å². The number of hydrogen-bond donors (Lipinski definition) is 1. The number of hydrogen-bond acceptors (Lipinski definition) is 3. The molecule has 0 saturated heterocycles. The number of methoxy groups -OCH3 is 1. The standard InChI is InChI=1S/C9H7BrF2O3/c1-15-9(14)8(13)6-5(11)3-2-4(10)7(6)12/h2-3,8,13H,1H3. The van der Waals surface area contributed by atoms with Crippen LogP contribution in [0.2, 0.25) is 0 Å². The zero-order valence-electron chi connectivity index (χ0n) is 7.63. The molecule has 0 radical (unpaired) electrons. The molecule has 0 fully saturated rings. The molecule has 1 unspecified atom stereocenters. The molecule has 0 aliphatic carbocycles. The summed E-state index contributed by atoms with van der Waals surface area (Å²) in [6.45, 7) is 0. The van der Waals surface area contributed by atoms with Crippen molar-refractivity contribution in [3.05, 3.63) is 33.8 Å². The topological polar surface area (TPSA) is 46.5 Å². The lowest BCUT2D eigenvalue weighted by Gasteiger charge is -2.11. The number of aliphatic hydroxyl groups is 1. The summed E-state index contributed by atoms with van der Waals surface area (Å²) < 4.78 is 30.6. The number of benzene rings is 1. The minimum atomic E-state index is -1.97. The van der Waals surface area contributed by atoms with Gasteiger partial charge in [0.2, 0.25) is 0 Å². The molecular weight excluding hydrogens is 274 g/mol. The lowest BCUT2D eigenvalue weighted by molar-refractivity contribution is -0.151. The molecule has 0 aliphatic rings. The van der Waals surface area contributed by atoms with Crippen molar-refractivity contribution in [1.82, 2.24) is 0 Å². The van der Waals surface area contributed by atoms with E-state index in [1.165, 1.54) is 0 Å². The molecule has 1 atom stereocenters. The molecule has 1 aromatic carbocycles. The Morgan fingerprint density at radius 1 is 1.53 bits per heavy atom. The highest BCUT2D eigenvalue weighted by Crippen LogP contribution is 2.27. The normalized spacial score (nSPS) is 12.3. The highest BCUT2D eigenvalue weighted by Gasteiger charge is 2.26. The van der Waals surface area contributed by atoms with Crippen molar-refractivity contribution in [2.75, 3.05) is 7.11 Å². The second kappa shape index (κ2) is 4.67. The number of esters is 1. The third-order valence-corrected chi connectivity index (χ3v) is 2.39. The predicted molar refractivity (Wildman–Crippen MR) is 51.0 cm³/mol. The van der Waals surface area contributed by atoms with Gasteiger partial charge >= 0.3 is 5.97 Å². The summed E-state index contributed by atoms with van der Waals surface area (Å²) in [5.74, 6) is -3.15. The van der Waals surface area contributed by atoms with Crippen molar-refractivity contribution >= 4 is 21.9 Å². The Morgan fingerprint density at radius 3 is 2.67 bits per heavy atom. The molecule has 0 aliphatic heterocycles. The number of ether oxygens (including phenoxy) is 1. The van der Waals surface area contributed by atoms with Gasteiger partial charge in [-0.1, -0.05) is 0 Å². The van der Waals surface area contributed by atoms with Gasteiger partial charge in [0, 0.05) is 0 Å². The van der Waals surface area contributed by atoms with Crippen molar-refractivity contribution in [3.8, 4) is 0 Å². The molecule has 1 rings (SSSR count). The fraction of sp³-hybridized carbons (Fsp3) is 0.222. The van der Waals surface area contributed by atoms with Crippen LogP contribution < -0.4 is 0 Å². The van der Waals surface area contributed by atoms with E-state index in [1.54, 1.807) is 0 Å². The van der Waals surface area contributed by atoms with Crippen LogP contribution in [0.5, 0.6) is 0 Å². The fourth-order valence-corrected chi connectivity index (χ4v) is 1.37. The predicted octanol–water partition coefficient (Wildman–Crippen LogP) is 1.93. The monoisotopic (exact) mass is 280 g/mol. The van der Waals surface area contributed by atoms with Gasteiger partial charge in [-0.15, -0.1) is 0 Å². The molecule has 3 nitrogen and oxygen atoms in total. The highest BCUT2D eigenvalue weighted by atomic mass is 79.9. The Bertz CT molecular complexity index is 395. The van der Waals surface area contributed by atoms with E-state index in [9.17, 15) is 18.7 Å². The fourth-order valence-electron chi connectivity index (χ4n) is 1.02. The summed E-state index contributed by atoms with van der Waals surface area (Å²) in [6, 6.07) is 2.08. The van der Waals surface area contributed by atoms with E-state index in [4.69, 9.17) is 0 Å². The summed E-state index contributed by atoms with van der Waals surface area (Å²) in [6.07, 6.45) is -1.97. The van der Waals surface area contributed by atoms with E-state index in [-0.39, 0.29) is 4.47 Å². The summed E-state index contributed by atoms with van der Waals surface area (Å²) in [4.78, 5) is 10.9. The maximum Gasteiger partial charge on any atom is 0.339 e. The minimum Gasteiger partial charge on any atom is -0.467 e. The molecule has 0 bridgehead atoms. The Hall–Kier alpha value is -1.01. The zero-order chi connectivity index (χ0) is 11.6. The Labute approximate surface area is 92.8 Å². The maximum absolute atomic E-state index is 13.4. The van der Waals surface area contributed by atoms with Gasteiger partial charge in [-0.05, 0) is 28.1 Å². The SMILES string of the molecule is COC(=O)C(O)c1c(F)ccc(Br)c1F. The molecule has 0 saturated carbocycles. The lowest BCUT2D eigenvalue weighted by atomic mass is 10.1. The summed E-state index contributed by atoms with van der Waals surface area (Å²) >= 11 is 2.81. The van der Waals surface area contributed by atoms with Crippen LogP contribution in [0.1, 0.15) is 11.7 Å². The van der Waals surface area contributed by atoms with Crippen LogP contribution in [0.25, 0.3) is 0 Å². The summed E-state index contributed by atoms with van der Waals surface area (Å²) in [7, 11) is 1.01. The van der Waals surface area contributed by atoms with Crippen LogP contribution in [0.3, 0.4) is 0 Å². The highest BCUT2D eigenvalue weighted by molar-refractivity contribution is 9.10. The van der Waals surface area contributed by atoms with Gasteiger partial charge in [0.05, 0.1) is 17.1 Å². The lowest BCUT2D eigenvalue weighted by Crippen LogP contribution is -2.16. The second-order valence-electron chi connectivity index (χ2n) is 2.68. The first kappa shape index (κ1) is 12.1. The Balaban J connectivity index is 3.24. The molecule has 15 heavy (non-hydrogen) atoms. The first-order valence-corrected chi connectivity index (χ1v) is 4.67. The largest absolute Gasteiger partial charge is 0.467 e. The molecule has 0 heterocycles. The van der Waals surface area contributed by atoms with Crippen molar-refractivity contribution in [2.45, 2.75) is 6.10 Å². The van der Waals surface area contributed by atoms with E-state index in [2.05, 4.69) is 20.7 Å². The molecular formula is C9H7BrF2O3. The van der Waals surface area contributed by atoms with Crippen LogP contribution in [0.4, 0.5) is 8.78 Å². The first-order valence-electron chi connectivity index (χ1n) is 3.88. The number of carbonyl (C=O) groups excluding carboxylic acids is 1. The number of carbonyl (C=O) groups is 1. The van der Waals surface area contributed by atoms with Gasteiger partial charge in [0.1, 0.15) is 11.6 Å². The summed E-state index contributed by atoms with van der Waals surface area (Å²) in [5, 5.41) is 9.30. The molecule has 82 valence electrons. The van der Waals surface area contributed by atoms with Gasteiger partial charge in [0.25, 0.3) is 0 Å². The molecule has 0 spiro atoms. The summed E-state index contributed by atoms with van der Waals surface area (Å²) in [5.41, 5.74) is -0.726. The second-order valence-corrected chi connectivity index (χ2v) is 3.54. The van der Waals surface area contributed by atoms with Crippen molar-refractivity contribution in [1.29, 1.82) is 0 Å². The zero-order valence-corrected chi connectivity index (χ0v) is 9.22.